The van der Waals surface area contributed by atoms with Gasteiger partial charge in [0.2, 0.25) is 5.82 Å². The molecule has 0 unspecified atom stereocenters. The topological polar surface area (TPSA) is 87.0 Å². The number of aromatic amines is 1. The molecule has 0 saturated heterocycles. The molecule has 14 heavy (non-hydrogen) atoms. The van der Waals surface area contributed by atoms with Crippen LogP contribution in [0.25, 0.3) is 0 Å². The van der Waals surface area contributed by atoms with Gasteiger partial charge in [-0.3, -0.25) is 0 Å². The monoisotopic (exact) mass is 189 g/mol. The SMILES string of the molecule is ON=C(c1ccccc1)c1nn[nH]n1. The largest absolute Gasteiger partial charge is 0.410 e. The van der Waals surface area contributed by atoms with Crippen molar-refractivity contribution in [3.63, 3.8) is 0 Å². The van der Waals surface area contributed by atoms with Crippen LogP contribution < -0.4 is 0 Å². The van der Waals surface area contributed by atoms with E-state index < -0.39 is 0 Å². The molecule has 0 atom stereocenters. The van der Waals surface area contributed by atoms with Crippen LogP contribution in [0.3, 0.4) is 0 Å². The molecule has 1 aromatic heterocycles. The lowest BCUT2D eigenvalue weighted by Crippen LogP contribution is -2.05. The summed E-state index contributed by atoms with van der Waals surface area (Å²) >= 11 is 0. The van der Waals surface area contributed by atoms with Crippen molar-refractivity contribution in [2.24, 2.45) is 5.16 Å². The molecular formula is C8H7N5O. The minimum absolute atomic E-state index is 0.263. The Morgan fingerprint density at radius 2 is 2.07 bits per heavy atom. The van der Waals surface area contributed by atoms with Crippen LogP contribution in [0.1, 0.15) is 11.4 Å². The van der Waals surface area contributed by atoms with E-state index in [9.17, 15) is 0 Å². The van der Waals surface area contributed by atoms with E-state index >= 15 is 0 Å². The first-order valence-corrected chi connectivity index (χ1v) is 3.93. The van der Waals surface area contributed by atoms with Crippen LogP contribution in [-0.2, 0) is 0 Å². The van der Waals surface area contributed by atoms with Crippen molar-refractivity contribution in [1.82, 2.24) is 20.6 Å². The maximum Gasteiger partial charge on any atom is 0.226 e. The molecule has 0 aliphatic rings. The van der Waals surface area contributed by atoms with E-state index in [0.29, 0.717) is 5.71 Å². The van der Waals surface area contributed by atoms with Gasteiger partial charge < -0.3 is 5.21 Å². The van der Waals surface area contributed by atoms with Gasteiger partial charge >= 0.3 is 0 Å². The van der Waals surface area contributed by atoms with Crippen molar-refractivity contribution in [2.45, 2.75) is 0 Å². The summed E-state index contributed by atoms with van der Waals surface area (Å²) in [6, 6.07) is 9.13. The standard InChI is InChI=1S/C8H7N5O/c14-11-7(8-9-12-13-10-8)6-4-2-1-3-5-6/h1-5,14H,(H,9,10,12,13). The molecule has 0 aliphatic carbocycles. The lowest BCUT2D eigenvalue weighted by Gasteiger charge is -1.97. The molecule has 0 saturated carbocycles. The number of nitrogens with zero attached hydrogens (tertiary/aromatic N) is 4. The summed E-state index contributed by atoms with van der Waals surface area (Å²) in [5.74, 6) is 0.263. The second-order valence-corrected chi connectivity index (χ2v) is 2.55. The zero-order valence-corrected chi connectivity index (χ0v) is 7.12. The van der Waals surface area contributed by atoms with Crippen LogP contribution in [0, 0.1) is 0 Å². The summed E-state index contributed by atoms with van der Waals surface area (Å²) in [5, 5.41) is 25.1. The van der Waals surface area contributed by atoms with Crippen molar-refractivity contribution < 1.29 is 5.21 Å². The molecule has 1 aromatic carbocycles. The normalized spacial score (nSPS) is 11.6. The number of oxime groups is 1. The number of tetrazole rings is 1. The van der Waals surface area contributed by atoms with E-state index in [1.165, 1.54) is 0 Å². The lowest BCUT2D eigenvalue weighted by atomic mass is 10.1. The molecule has 2 N–H and O–H groups in total. The van der Waals surface area contributed by atoms with Gasteiger partial charge in [-0.2, -0.15) is 5.21 Å². The van der Waals surface area contributed by atoms with Gasteiger partial charge in [0.25, 0.3) is 0 Å². The fourth-order valence-electron chi connectivity index (χ4n) is 1.09. The molecule has 0 aliphatic heterocycles. The molecule has 2 aromatic rings. The quantitative estimate of drug-likeness (QED) is 0.407. The maximum atomic E-state index is 8.82. The third kappa shape index (κ3) is 1.45. The summed E-state index contributed by atoms with van der Waals surface area (Å²) in [6.45, 7) is 0. The number of benzene rings is 1. The fourth-order valence-corrected chi connectivity index (χ4v) is 1.09. The predicted molar refractivity (Wildman–Crippen MR) is 48.0 cm³/mol. The van der Waals surface area contributed by atoms with Gasteiger partial charge in [0.05, 0.1) is 0 Å². The Balaban J connectivity index is 2.43. The van der Waals surface area contributed by atoms with Crippen molar-refractivity contribution in [3.05, 3.63) is 41.7 Å². The van der Waals surface area contributed by atoms with E-state index in [2.05, 4.69) is 25.8 Å². The summed E-state index contributed by atoms with van der Waals surface area (Å²) in [7, 11) is 0. The van der Waals surface area contributed by atoms with Crippen LogP contribution in [0.5, 0.6) is 0 Å². The zero-order chi connectivity index (χ0) is 9.80. The van der Waals surface area contributed by atoms with Crippen molar-refractivity contribution in [2.75, 3.05) is 0 Å². The highest BCUT2D eigenvalue weighted by atomic mass is 16.4. The van der Waals surface area contributed by atoms with Gasteiger partial charge in [-0.05, 0) is 5.21 Å². The maximum absolute atomic E-state index is 8.82. The van der Waals surface area contributed by atoms with Crippen molar-refractivity contribution in [3.8, 4) is 0 Å². The van der Waals surface area contributed by atoms with Gasteiger partial charge in [-0.25, -0.2) is 0 Å². The average Bonchev–Trinajstić information content (AvgIpc) is 2.74. The Bertz CT molecular complexity index is 422. The number of rotatable bonds is 2. The Hall–Kier alpha value is -2.24. The molecular weight excluding hydrogens is 182 g/mol. The molecule has 0 amide bonds. The third-order valence-corrected chi connectivity index (χ3v) is 1.70. The number of aromatic nitrogens is 4. The Labute approximate surface area is 79.3 Å². The first-order valence-electron chi connectivity index (χ1n) is 3.93. The van der Waals surface area contributed by atoms with Gasteiger partial charge in [0.15, 0.2) is 5.71 Å². The summed E-state index contributed by atoms with van der Waals surface area (Å²) < 4.78 is 0. The highest BCUT2D eigenvalue weighted by Gasteiger charge is 2.11. The van der Waals surface area contributed by atoms with E-state index in [1.54, 1.807) is 12.1 Å². The van der Waals surface area contributed by atoms with Crippen LogP contribution in [0.2, 0.25) is 0 Å². The second-order valence-electron chi connectivity index (χ2n) is 2.55. The van der Waals surface area contributed by atoms with Gasteiger partial charge in [0, 0.05) is 5.56 Å². The number of hydrogen-bond acceptors (Lipinski definition) is 5. The molecule has 1 heterocycles. The minimum atomic E-state index is 0.263. The highest BCUT2D eigenvalue weighted by Crippen LogP contribution is 2.04. The van der Waals surface area contributed by atoms with Gasteiger partial charge in [0.1, 0.15) is 0 Å². The van der Waals surface area contributed by atoms with Crippen LogP contribution in [0.4, 0.5) is 0 Å². The summed E-state index contributed by atoms with van der Waals surface area (Å²) in [6.07, 6.45) is 0. The molecule has 0 fully saturated rings. The Morgan fingerprint density at radius 3 is 2.64 bits per heavy atom. The first kappa shape index (κ1) is 8.36. The van der Waals surface area contributed by atoms with E-state index in [1.807, 2.05) is 18.2 Å². The van der Waals surface area contributed by atoms with E-state index in [-0.39, 0.29) is 5.82 Å². The molecule has 0 radical (unpaired) electrons. The Kier molecular flexibility index (Phi) is 2.18. The second kappa shape index (κ2) is 3.65. The smallest absolute Gasteiger partial charge is 0.226 e. The minimum Gasteiger partial charge on any atom is -0.410 e. The van der Waals surface area contributed by atoms with Gasteiger partial charge in [-0.1, -0.05) is 35.5 Å². The molecule has 6 heteroatoms. The highest BCUT2D eigenvalue weighted by molar-refractivity contribution is 6.09. The van der Waals surface area contributed by atoms with E-state index in [4.69, 9.17) is 5.21 Å². The average molecular weight is 189 g/mol. The molecule has 0 spiro atoms. The number of H-pyrrole nitrogens is 1. The predicted octanol–water partition coefficient (Wildman–Crippen LogP) is 0.426. The molecule has 70 valence electrons. The Morgan fingerprint density at radius 1 is 1.29 bits per heavy atom. The molecule has 6 nitrogen and oxygen atoms in total. The zero-order valence-electron chi connectivity index (χ0n) is 7.12. The first-order chi connectivity index (χ1) is 6.92. The number of hydrogen-bond donors (Lipinski definition) is 2. The lowest BCUT2D eigenvalue weighted by molar-refractivity contribution is 0.319. The summed E-state index contributed by atoms with van der Waals surface area (Å²) in [4.78, 5) is 0. The van der Waals surface area contributed by atoms with Crippen molar-refractivity contribution in [1.29, 1.82) is 0 Å². The van der Waals surface area contributed by atoms with Crippen LogP contribution in [-0.4, -0.2) is 31.5 Å². The van der Waals surface area contributed by atoms with E-state index in [0.717, 1.165) is 5.56 Å². The van der Waals surface area contributed by atoms with Crippen LogP contribution >= 0.6 is 0 Å². The van der Waals surface area contributed by atoms with Crippen molar-refractivity contribution >= 4 is 5.71 Å². The summed E-state index contributed by atoms with van der Waals surface area (Å²) in [5.41, 5.74) is 1.02. The van der Waals surface area contributed by atoms with Crippen LogP contribution in [0.15, 0.2) is 35.5 Å². The van der Waals surface area contributed by atoms with Gasteiger partial charge in [-0.15, -0.1) is 10.2 Å². The molecule has 2 rings (SSSR count). The number of nitrogens with one attached hydrogen (secondary N) is 1. The molecule has 0 bridgehead atoms. The third-order valence-electron chi connectivity index (χ3n) is 1.70. The fraction of sp³-hybridized carbons (Fsp3) is 0.